The van der Waals surface area contributed by atoms with Gasteiger partial charge in [-0.25, -0.2) is 8.42 Å². The number of nitrogens with one attached hydrogen (secondary N) is 1. The Kier molecular flexibility index (Phi) is 8.67. The first-order chi connectivity index (χ1) is 12.4. The van der Waals surface area contributed by atoms with Crippen LogP contribution in [-0.4, -0.2) is 70.2 Å². The number of halogens is 1. The minimum atomic E-state index is -2.83. The van der Waals surface area contributed by atoms with E-state index >= 15 is 0 Å². The van der Waals surface area contributed by atoms with Crippen molar-refractivity contribution < 1.29 is 13.2 Å². The van der Waals surface area contributed by atoms with Crippen molar-refractivity contribution in [1.82, 2.24) is 10.2 Å². The van der Waals surface area contributed by atoms with Crippen LogP contribution in [0.4, 0.5) is 0 Å². The molecular formula is C19H36IN3O3S. The van der Waals surface area contributed by atoms with Gasteiger partial charge in [0.15, 0.2) is 15.8 Å². The molecule has 1 N–H and O–H groups in total. The molecule has 0 aromatic heterocycles. The number of rotatable bonds is 4. The standard InChI is InChI=1S/C19H35N3O3S.HI/c1-16(2)11-20-18(21-12-17-5-10-26(23,24)13-17)22-8-3-6-19(14-22)7-4-9-25-15-19;/h16-17H,3-15H2,1-2H3,(H,20,21);1H. The van der Waals surface area contributed by atoms with Gasteiger partial charge in [-0.1, -0.05) is 13.8 Å². The van der Waals surface area contributed by atoms with Crippen LogP contribution in [0.2, 0.25) is 0 Å². The largest absolute Gasteiger partial charge is 0.381 e. The molecule has 3 heterocycles. The van der Waals surface area contributed by atoms with Gasteiger partial charge in [0.05, 0.1) is 18.1 Å². The Hall–Kier alpha value is -0.0900. The summed E-state index contributed by atoms with van der Waals surface area (Å²) < 4.78 is 29.2. The maximum Gasteiger partial charge on any atom is 0.193 e. The Bertz CT molecular complexity index is 598. The molecule has 3 aliphatic heterocycles. The van der Waals surface area contributed by atoms with Gasteiger partial charge in [-0.05, 0) is 43.9 Å². The highest BCUT2D eigenvalue weighted by Crippen LogP contribution is 2.37. The Labute approximate surface area is 181 Å². The summed E-state index contributed by atoms with van der Waals surface area (Å²) >= 11 is 0. The van der Waals surface area contributed by atoms with Gasteiger partial charge < -0.3 is 15.0 Å². The smallest absolute Gasteiger partial charge is 0.193 e. The molecule has 0 bridgehead atoms. The summed E-state index contributed by atoms with van der Waals surface area (Å²) in [6, 6.07) is 0. The highest BCUT2D eigenvalue weighted by molar-refractivity contribution is 14.0. The number of hydrogen-bond acceptors (Lipinski definition) is 4. The highest BCUT2D eigenvalue weighted by atomic mass is 127. The van der Waals surface area contributed by atoms with E-state index in [4.69, 9.17) is 9.73 Å². The van der Waals surface area contributed by atoms with Gasteiger partial charge in [0.2, 0.25) is 0 Å². The number of aliphatic imine (C=N–C) groups is 1. The topological polar surface area (TPSA) is 71.0 Å². The van der Waals surface area contributed by atoms with Gasteiger partial charge >= 0.3 is 0 Å². The molecule has 0 aliphatic carbocycles. The third kappa shape index (κ3) is 6.73. The van der Waals surface area contributed by atoms with Gasteiger partial charge in [0.1, 0.15) is 0 Å². The molecule has 2 unspecified atom stereocenters. The van der Waals surface area contributed by atoms with Crippen LogP contribution in [0.15, 0.2) is 4.99 Å². The molecule has 0 saturated carbocycles. The molecular weight excluding hydrogens is 477 g/mol. The van der Waals surface area contributed by atoms with E-state index in [0.29, 0.717) is 24.0 Å². The first-order valence-corrected chi connectivity index (χ1v) is 12.0. The molecule has 1 spiro atoms. The minimum Gasteiger partial charge on any atom is -0.381 e. The van der Waals surface area contributed by atoms with Crippen molar-refractivity contribution >= 4 is 39.8 Å². The lowest BCUT2D eigenvalue weighted by atomic mass is 9.76. The molecule has 3 saturated heterocycles. The summed E-state index contributed by atoms with van der Waals surface area (Å²) in [4.78, 5) is 7.26. The number of nitrogens with zero attached hydrogens (tertiary/aromatic N) is 2. The van der Waals surface area contributed by atoms with E-state index in [1.165, 1.54) is 19.3 Å². The summed E-state index contributed by atoms with van der Waals surface area (Å²) in [6.07, 6.45) is 5.57. The van der Waals surface area contributed by atoms with Crippen molar-refractivity contribution in [3.8, 4) is 0 Å². The minimum absolute atomic E-state index is 0. The summed E-state index contributed by atoms with van der Waals surface area (Å²) in [6.45, 7) is 9.64. The summed E-state index contributed by atoms with van der Waals surface area (Å²) in [5.74, 6) is 2.33. The molecule has 0 aromatic rings. The maximum absolute atomic E-state index is 11.7. The monoisotopic (exact) mass is 513 g/mol. The average molecular weight is 513 g/mol. The molecule has 27 heavy (non-hydrogen) atoms. The van der Waals surface area contributed by atoms with E-state index in [2.05, 4.69) is 24.1 Å². The third-order valence-corrected chi connectivity index (χ3v) is 7.68. The van der Waals surface area contributed by atoms with Crippen LogP contribution in [-0.2, 0) is 14.6 Å². The van der Waals surface area contributed by atoms with E-state index in [9.17, 15) is 8.42 Å². The number of likely N-dealkylation sites (tertiary alicyclic amines) is 1. The van der Waals surface area contributed by atoms with Crippen molar-refractivity contribution in [2.24, 2.45) is 22.2 Å². The Balaban J connectivity index is 0.00000261. The predicted octanol–water partition coefficient (Wildman–Crippen LogP) is 2.53. The van der Waals surface area contributed by atoms with Crippen LogP contribution in [0, 0.1) is 17.3 Å². The molecule has 0 amide bonds. The molecule has 158 valence electrons. The van der Waals surface area contributed by atoms with E-state index in [0.717, 1.165) is 51.6 Å². The molecule has 0 radical (unpaired) electrons. The molecule has 8 heteroatoms. The lowest BCUT2D eigenvalue weighted by Crippen LogP contribution is -2.53. The molecule has 6 nitrogen and oxygen atoms in total. The number of sulfone groups is 1. The quantitative estimate of drug-likeness (QED) is 0.356. The lowest BCUT2D eigenvalue weighted by molar-refractivity contribution is -0.0370. The first-order valence-electron chi connectivity index (χ1n) is 10.2. The maximum atomic E-state index is 11.7. The third-order valence-electron chi connectivity index (χ3n) is 5.85. The zero-order valence-electron chi connectivity index (χ0n) is 16.8. The normalized spacial score (nSPS) is 31.1. The van der Waals surface area contributed by atoms with Crippen molar-refractivity contribution in [1.29, 1.82) is 0 Å². The fourth-order valence-corrected chi connectivity index (χ4v) is 6.29. The van der Waals surface area contributed by atoms with E-state index in [-0.39, 0.29) is 35.3 Å². The summed E-state index contributed by atoms with van der Waals surface area (Å²) in [5, 5.41) is 3.52. The Morgan fingerprint density at radius 3 is 2.74 bits per heavy atom. The van der Waals surface area contributed by atoms with Gasteiger partial charge in [-0.3, -0.25) is 4.99 Å². The highest BCUT2D eigenvalue weighted by Gasteiger charge is 2.38. The molecule has 2 atom stereocenters. The van der Waals surface area contributed by atoms with Crippen LogP contribution in [0.5, 0.6) is 0 Å². The van der Waals surface area contributed by atoms with Gasteiger partial charge in [0, 0.05) is 38.2 Å². The second kappa shape index (κ2) is 10.1. The van der Waals surface area contributed by atoms with E-state index < -0.39 is 9.84 Å². The SMILES string of the molecule is CC(C)CN=C(NCC1CCS(=O)(=O)C1)N1CCCC2(CCCOC2)C1.I. The van der Waals surface area contributed by atoms with Crippen molar-refractivity contribution in [3.05, 3.63) is 0 Å². The fraction of sp³-hybridized carbons (Fsp3) is 0.947. The molecule has 3 fully saturated rings. The van der Waals surface area contributed by atoms with Crippen LogP contribution in [0.1, 0.15) is 46.0 Å². The Morgan fingerprint density at radius 1 is 1.33 bits per heavy atom. The van der Waals surface area contributed by atoms with Crippen molar-refractivity contribution in [2.75, 3.05) is 50.9 Å². The zero-order valence-corrected chi connectivity index (χ0v) is 19.9. The van der Waals surface area contributed by atoms with Crippen molar-refractivity contribution in [3.63, 3.8) is 0 Å². The van der Waals surface area contributed by atoms with Gasteiger partial charge in [-0.2, -0.15) is 0 Å². The van der Waals surface area contributed by atoms with E-state index in [1.807, 2.05) is 0 Å². The van der Waals surface area contributed by atoms with Crippen LogP contribution < -0.4 is 5.32 Å². The fourth-order valence-electron chi connectivity index (χ4n) is 4.43. The number of piperidine rings is 1. The number of guanidine groups is 1. The lowest BCUT2D eigenvalue weighted by Gasteiger charge is -2.46. The van der Waals surface area contributed by atoms with Crippen LogP contribution in [0.3, 0.4) is 0 Å². The second-order valence-corrected chi connectivity index (χ2v) is 11.1. The zero-order chi connectivity index (χ0) is 18.6. The summed E-state index contributed by atoms with van der Waals surface area (Å²) in [7, 11) is -2.83. The molecule has 0 aromatic carbocycles. The number of hydrogen-bond donors (Lipinski definition) is 1. The molecule has 3 rings (SSSR count). The molecule has 3 aliphatic rings. The predicted molar refractivity (Wildman–Crippen MR) is 121 cm³/mol. The van der Waals surface area contributed by atoms with Gasteiger partial charge in [0.25, 0.3) is 0 Å². The van der Waals surface area contributed by atoms with E-state index in [1.54, 1.807) is 0 Å². The average Bonchev–Trinajstić information content (AvgIpc) is 2.94. The first kappa shape index (κ1) is 23.2. The Morgan fingerprint density at radius 2 is 2.11 bits per heavy atom. The van der Waals surface area contributed by atoms with Crippen LogP contribution >= 0.6 is 24.0 Å². The van der Waals surface area contributed by atoms with Gasteiger partial charge in [-0.15, -0.1) is 24.0 Å². The second-order valence-electron chi connectivity index (χ2n) is 8.89. The summed E-state index contributed by atoms with van der Waals surface area (Å²) in [5.41, 5.74) is 0.271. The van der Waals surface area contributed by atoms with Crippen LogP contribution in [0.25, 0.3) is 0 Å². The van der Waals surface area contributed by atoms with Crippen molar-refractivity contribution in [2.45, 2.75) is 46.0 Å². The number of ether oxygens (including phenoxy) is 1.